The molecule has 4 amide bonds. The highest BCUT2D eigenvalue weighted by molar-refractivity contribution is 7.09. The van der Waals surface area contributed by atoms with Crippen molar-refractivity contribution >= 4 is 40.7 Å². The molecule has 0 aliphatic carbocycles. The van der Waals surface area contributed by atoms with E-state index in [1.54, 1.807) is 35.0 Å². The van der Waals surface area contributed by atoms with Crippen molar-refractivity contribution < 1.29 is 23.9 Å². The summed E-state index contributed by atoms with van der Waals surface area (Å²) in [7, 11) is 1.72. The zero-order chi connectivity index (χ0) is 38.1. The van der Waals surface area contributed by atoms with Gasteiger partial charge in [0.2, 0.25) is 5.91 Å². The summed E-state index contributed by atoms with van der Waals surface area (Å²) >= 11 is 3.02. The van der Waals surface area contributed by atoms with Gasteiger partial charge in [-0.15, -0.1) is 22.7 Å². The van der Waals surface area contributed by atoms with Crippen LogP contribution in [-0.2, 0) is 40.3 Å². The molecular formula is C40H53N7O5S2. The van der Waals surface area contributed by atoms with Gasteiger partial charge in [-0.25, -0.2) is 14.6 Å². The molecule has 3 heterocycles. The second-order valence-corrected chi connectivity index (χ2v) is 15.8. The number of ether oxygens (including phenoxy) is 2. The van der Waals surface area contributed by atoms with Crippen LogP contribution in [0.3, 0.4) is 0 Å². The number of rotatable bonds is 19. The monoisotopic (exact) mass is 775 g/mol. The fourth-order valence-electron chi connectivity index (χ4n) is 6.25. The van der Waals surface area contributed by atoms with Gasteiger partial charge in [0.05, 0.1) is 40.8 Å². The SMILES string of the molecule is CC(C)c1nc(CN(C)C(=O)N[C@H](CCN2CCOCC2)C(=O)N[C@H](CC[C@@H](Cc2ccccc2)NC(=O)OCc2cncs2)Cc2ccccc2)cs1. The minimum atomic E-state index is -0.761. The molecule has 0 spiro atoms. The zero-order valence-corrected chi connectivity index (χ0v) is 33.1. The molecule has 2 aromatic heterocycles. The second-order valence-electron chi connectivity index (χ2n) is 14.0. The maximum Gasteiger partial charge on any atom is 0.407 e. The van der Waals surface area contributed by atoms with Crippen LogP contribution in [0.25, 0.3) is 0 Å². The summed E-state index contributed by atoms with van der Waals surface area (Å²) in [6.07, 6.45) is 4.00. The maximum atomic E-state index is 14.2. The van der Waals surface area contributed by atoms with Gasteiger partial charge in [-0.2, -0.15) is 0 Å². The molecule has 3 atom stereocenters. The summed E-state index contributed by atoms with van der Waals surface area (Å²) in [5.41, 5.74) is 4.70. The van der Waals surface area contributed by atoms with Crippen molar-refractivity contribution in [2.45, 2.75) is 83.1 Å². The average Bonchev–Trinajstić information content (AvgIpc) is 3.89. The minimum absolute atomic E-state index is 0.150. The van der Waals surface area contributed by atoms with E-state index in [0.29, 0.717) is 64.3 Å². The van der Waals surface area contributed by atoms with E-state index in [9.17, 15) is 14.4 Å². The van der Waals surface area contributed by atoms with Crippen molar-refractivity contribution in [1.29, 1.82) is 0 Å². The van der Waals surface area contributed by atoms with Crippen molar-refractivity contribution in [3.63, 3.8) is 0 Å². The van der Waals surface area contributed by atoms with Crippen LogP contribution in [0.5, 0.6) is 0 Å². The number of carbonyl (C=O) groups excluding carboxylic acids is 3. The Hall–Kier alpha value is -4.37. The van der Waals surface area contributed by atoms with Gasteiger partial charge in [0.1, 0.15) is 12.6 Å². The van der Waals surface area contributed by atoms with E-state index in [1.807, 2.05) is 66.0 Å². The molecule has 2 aromatic carbocycles. The second kappa shape index (κ2) is 21.5. The fourth-order valence-corrected chi connectivity index (χ4v) is 7.58. The topological polar surface area (TPSA) is 138 Å². The zero-order valence-electron chi connectivity index (χ0n) is 31.4. The number of benzene rings is 2. The summed E-state index contributed by atoms with van der Waals surface area (Å²) in [6, 6.07) is 18.4. The predicted octanol–water partition coefficient (Wildman–Crippen LogP) is 6.00. The summed E-state index contributed by atoms with van der Waals surface area (Å²) in [5.74, 6) is 0.0746. The van der Waals surface area contributed by atoms with E-state index < -0.39 is 12.1 Å². The number of nitrogens with one attached hydrogen (secondary N) is 3. The van der Waals surface area contributed by atoms with Crippen molar-refractivity contribution in [2.75, 3.05) is 39.9 Å². The summed E-state index contributed by atoms with van der Waals surface area (Å²) in [6.45, 7) is 8.19. The van der Waals surface area contributed by atoms with Crippen LogP contribution in [0.1, 0.15) is 65.7 Å². The average molecular weight is 776 g/mol. The minimum Gasteiger partial charge on any atom is -0.444 e. The number of alkyl carbamates (subject to hydrolysis) is 1. The lowest BCUT2D eigenvalue weighted by Gasteiger charge is -2.30. The quantitative estimate of drug-likeness (QED) is 0.106. The first-order valence-corrected chi connectivity index (χ1v) is 20.4. The third-order valence-corrected chi connectivity index (χ3v) is 11.2. The van der Waals surface area contributed by atoms with Crippen LogP contribution in [0.4, 0.5) is 9.59 Å². The van der Waals surface area contributed by atoms with Gasteiger partial charge in [0.25, 0.3) is 0 Å². The molecule has 1 fully saturated rings. The molecule has 14 heteroatoms. The predicted molar refractivity (Wildman–Crippen MR) is 213 cm³/mol. The molecule has 54 heavy (non-hydrogen) atoms. The number of urea groups is 1. The molecule has 5 rings (SSSR count). The lowest BCUT2D eigenvalue weighted by Crippen LogP contribution is -2.54. The van der Waals surface area contributed by atoms with Crippen LogP contribution < -0.4 is 16.0 Å². The van der Waals surface area contributed by atoms with Crippen molar-refractivity contribution in [2.24, 2.45) is 0 Å². The number of nitrogens with zero attached hydrogens (tertiary/aromatic N) is 4. The molecule has 12 nitrogen and oxygen atoms in total. The van der Waals surface area contributed by atoms with Crippen LogP contribution in [0.15, 0.2) is 77.8 Å². The van der Waals surface area contributed by atoms with Gasteiger partial charge in [-0.1, -0.05) is 74.5 Å². The van der Waals surface area contributed by atoms with E-state index in [4.69, 9.17) is 9.47 Å². The molecule has 290 valence electrons. The van der Waals surface area contributed by atoms with E-state index in [0.717, 1.165) is 39.8 Å². The van der Waals surface area contributed by atoms with Crippen LogP contribution in [0, 0.1) is 0 Å². The van der Waals surface area contributed by atoms with Gasteiger partial charge >= 0.3 is 12.1 Å². The van der Waals surface area contributed by atoms with Gasteiger partial charge < -0.3 is 30.3 Å². The molecule has 1 saturated heterocycles. The molecule has 0 saturated carbocycles. The fraction of sp³-hybridized carbons (Fsp3) is 0.475. The number of amides is 4. The highest BCUT2D eigenvalue weighted by Gasteiger charge is 2.27. The smallest absolute Gasteiger partial charge is 0.407 e. The van der Waals surface area contributed by atoms with Gasteiger partial charge in [-0.05, 0) is 43.2 Å². The largest absolute Gasteiger partial charge is 0.444 e. The van der Waals surface area contributed by atoms with Gasteiger partial charge in [-0.3, -0.25) is 14.7 Å². The standard InChI is InChI=1S/C40H53N7O5S2/c1-29(2)38-43-34(27-53-38)25-46(3)39(49)45-36(16-17-47-18-20-51-21-19-47)37(48)42-32(22-30-10-6-4-7-11-30)14-15-33(23-31-12-8-5-9-13-31)44-40(50)52-26-35-24-41-28-54-35/h4-13,24,27-29,32-33,36H,14-23,25-26H2,1-3H3,(H,42,48)(H,44,50)(H,45,49)/t32-,33+,36-/m1/s1. The van der Waals surface area contributed by atoms with Gasteiger partial charge in [0.15, 0.2) is 0 Å². The first-order valence-electron chi connectivity index (χ1n) is 18.7. The van der Waals surface area contributed by atoms with E-state index in [1.165, 1.54) is 11.3 Å². The van der Waals surface area contributed by atoms with Crippen LogP contribution in [0.2, 0.25) is 0 Å². The highest BCUT2D eigenvalue weighted by Crippen LogP contribution is 2.20. The number of carbonyl (C=O) groups is 3. The van der Waals surface area contributed by atoms with Crippen molar-refractivity contribution in [3.8, 4) is 0 Å². The van der Waals surface area contributed by atoms with Gasteiger partial charge in [0, 0.05) is 56.3 Å². The normalized spacial score (nSPS) is 14.9. The first kappa shape index (κ1) is 40.8. The Bertz CT molecular complexity index is 1700. The number of aromatic nitrogens is 2. The van der Waals surface area contributed by atoms with E-state index >= 15 is 0 Å². The first-order chi connectivity index (χ1) is 26.2. The lowest BCUT2D eigenvalue weighted by atomic mass is 9.95. The van der Waals surface area contributed by atoms with Crippen molar-refractivity contribution in [3.05, 3.63) is 104 Å². The summed E-state index contributed by atoms with van der Waals surface area (Å²) in [4.78, 5) is 54.2. The maximum absolute atomic E-state index is 14.2. The Morgan fingerprint density at radius 3 is 2.13 bits per heavy atom. The number of hydrogen-bond acceptors (Lipinski definition) is 10. The Kier molecular flexibility index (Phi) is 16.2. The third-order valence-electron chi connectivity index (χ3n) is 9.27. The number of morpholine rings is 1. The molecule has 0 bridgehead atoms. The molecule has 1 aliphatic rings. The molecule has 0 radical (unpaired) electrons. The van der Waals surface area contributed by atoms with Crippen LogP contribution >= 0.6 is 22.7 Å². The molecule has 0 unspecified atom stereocenters. The van der Waals surface area contributed by atoms with E-state index in [2.05, 4.69) is 44.7 Å². The molecular weight excluding hydrogens is 723 g/mol. The molecule has 3 N–H and O–H groups in total. The van der Waals surface area contributed by atoms with E-state index in [-0.39, 0.29) is 30.6 Å². The summed E-state index contributed by atoms with van der Waals surface area (Å²) in [5, 5.41) is 12.4. The Labute approximate surface area is 326 Å². The number of hydrogen-bond donors (Lipinski definition) is 3. The Balaban J connectivity index is 1.28. The van der Waals surface area contributed by atoms with Crippen molar-refractivity contribution in [1.82, 2.24) is 35.7 Å². The Morgan fingerprint density at radius 1 is 0.889 bits per heavy atom. The van der Waals surface area contributed by atoms with Crippen LogP contribution in [-0.4, -0.2) is 95.8 Å². The molecule has 4 aromatic rings. The lowest BCUT2D eigenvalue weighted by molar-refractivity contribution is -0.124. The third kappa shape index (κ3) is 13.8. The summed E-state index contributed by atoms with van der Waals surface area (Å²) < 4.78 is 11.1. The molecule has 1 aliphatic heterocycles. The highest BCUT2D eigenvalue weighted by atomic mass is 32.1. The Morgan fingerprint density at radius 2 is 1.54 bits per heavy atom. The number of thiazole rings is 2.